The van der Waals surface area contributed by atoms with Gasteiger partial charge in [0, 0.05) is 38.4 Å². The Labute approximate surface area is 313 Å². The van der Waals surface area contributed by atoms with Crippen LogP contribution in [0.15, 0.2) is 176 Å². The van der Waals surface area contributed by atoms with Crippen molar-refractivity contribution in [1.29, 1.82) is 0 Å². The van der Waals surface area contributed by atoms with Crippen LogP contribution in [0, 0.1) is 0 Å². The SMILES string of the molecule is CC1(C)c2ccccc2-c2c(-c3nc(-c4ccc(-c5ccc6c(c5)c5c7ccccc7ccc5n6-c5ccccc5)cc4)nc4ccccc34)cccc21. The number of para-hydroxylation sites is 2. The lowest BCUT2D eigenvalue weighted by atomic mass is 9.82. The van der Waals surface area contributed by atoms with Crippen LogP contribution in [0.5, 0.6) is 0 Å². The molecule has 54 heavy (non-hydrogen) atoms. The molecule has 0 radical (unpaired) electrons. The molecular weight excluding hydrogens is 655 g/mol. The van der Waals surface area contributed by atoms with Gasteiger partial charge in [0.1, 0.15) is 0 Å². The molecule has 0 saturated heterocycles. The molecule has 2 heterocycles. The summed E-state index contributed by atoms with van der Waals surface area (Å²) in [6, 6.07) is 63.4. The molecule has 0 amide bonds. The third kappa shape index (κ3) is 4.48. The number of nitrogens with zero attached hydrogens (tertiary/aromatic N) is 3. The smallest absolute Gasteiger partial charge is 0.160 e. The maximum atomic E-state index is 5.36. The van der Waals surface area contributed by atoms with Gasteiger partial charge in [-0.15, -0.1) is 0 Å². The van der Waals surface area contributed by atoms with E-state index in [4.69, 9.17) is 9.97 Å². The van der Waals surface area contributed by atoms with Gasteiger partial charge in [-0.05, 0) is 80.6 Å². The van der Waals surface area contributed by atoms with Crippen molar-refractivity contribution in [3.63, 3.8) is 0 Å². The highest BCUT2D eigenvalue weighted by molar-refractivity contribution is 6.22. The van der Waals surface area contributed by atoms with Crippen molar-refractivity contribution in [1.82, 2.24) is 14.5 Å². The number of hydrogen-bond donors (Lipinski definition) is 0. The van der Waals surface area contributed by atoms with Gasteiger partial charge >= 0.3 is 0 Å². The highest BCUT2D eigenvalue weighted by Crippen LogP contribution is 2.52. The molecular formula is C51H35N3. The zero-order chi connectivity index (χ0) is 36.0. The zero-order valence-electron chi connectivity index (χ0n) is 30.1. The van der Waals surface area contributed by atoms with Gasteiger partial charge in [-0.2, -0.15) is 0 Å². The minimum atomic E-state index is -0.0873. The van der Waals surface area contributed by atoms with E-state index in [2.05, 4.69) is 194 Å². The van der Waals surface area contributed by atoms with Gasteiger partial charge in [-0.3, -0.25) is 0 Å². The zero-order valence-corrected chi connectivity index (χ0v) is 30.1. The quantitative estimate of drug-likeness (QED) is 0.184. The molecule has 2 aromatic heterocycles. The van der Waals surface area contributed by atoms with Crippen LogP contribution < -0.4 is 0 Å². The summed E-state index contributed by atoms with van der Waals surface area (Å²) in [6.07, 6.45) is 0. The molecule has 0 N–H and O–H groups in total. The topological polar surface area (TPSA) is 30.7 Å². The van der Waals surface area contributed by atoms with Gasteiger partial charge in [-0.25, -0.2) is 9.97 Å². The molecule has 0 unspecified atom stereocenters. The summed E-state index contributed by atoms with van der Waals surface area (Å²) >= 11 is 0. The average Bonchev–Trinajstić information content (AvgIpc) is 3.69. The van der Waals surface area contributed by atoms with Crippen molar-refractivity contribution in [2.45, 2.75) is 19.3 Å². The average molecular weight is 690 g/mol. The first-order valence-corrected chi connectivity index (χ1v) is 18.7. The first kappa shape index (κ1) is 30.8. The van der Waals surface area contributed by atoms with Crippen LogP contribution in [0.25, 0.3) is 94.1 Å². The highest BCUT2D eigenvalue weighted by atomic mass is 15.0. The molecule has 0 saturated carbocycles. The number of benzene rings is 8. The standard InChI is InChI=1S/C51H35N3/c1-51(2)42-20-10-8-17-38(42)47-40(19-12-21-43(47)51)49-39-18-9-11-22-44(39)52-50(53-49)34-25-23-32(24-26-34)35-28-29-45-41(31-35)48-37-16-7-6-13-33(37)27-30-46(48)54(45)36-14-4-3-5-15-36/h3-31H,1-2H3. The van der Waals surface area contributed by atoms with Gasteiger partial charge in [-0.1, -0.05) is 153 Å². The molecule has 0 atom stereocenters. The summed E-state index contributed by atoms with van der Waals surface area (Å²) in [7, 11) is 0. The minimum Gasteiger partial charge on any atom is -0.309 e. The monoisotopic (exact) mass is 689 g/mol. The fourth-order valence-corrected chi connectivity index (χ4v) is 9.00. The third-order valence-electron chi connectivity index (χ3n) is 11.6. The summed E-state index contributed by atoms with van der Waals surface area (Å²) in [4.78, 5) is 10.5. The lowest BCUT2D eigenvalue weighted by molar-refractivity contribution is 0.660. The van der Waals surface area contributed by atoms with Gasteiger partial charge in [0.05, 0.1) is 22.2 Å². The third-order valence-corrected chi connectivity index (χ3v) is 11.6. The van der Waals surface area contributed by atoms with Crippen molar-refractivity contribution in [2.24, 2.45) is 0 Å². The van der Waals surface area contributed by atoms with Crippen LogP contribution in [0.4, 0.5) is 0 Å². The second-order valence-corrected chi connectivity index (χ2v) is 15.0. The van der Waals surface area contributed by atoms with Crippen LogP contribution in [0.1, 0.15) is 25.0 Å². The summed E-state index contributed by atoms with van der Waals surface area (Å²) < 4.78 is 2.39. The van der Waals surface area contributed by atoms with E-state index in [1.807, 2.05) is 0 Å². The van der Waals surface area contributed by atoms with Crippen LogP contribution in [-0.4, -0.2) is 14.5 Å². The van der Waals surface area contributed by atoms with Crippen molar-refractivity contribution in [3.05, 3.63) is 187 Å². The molecule has 254 valence electrons. The molecule has 8 aromatic carbocycles. The Bertz CT molecular complexity index is 3110. The Morgan fingerprint density at radius 1 is 0.463 bits per heavy atom. The van der Waals surface area contributed by atoms with Crippen molar-refractivity contribution < 1.29 is 0 Å². The van der Waals surface area contributed by atoms with E-state index in [1.54, 1.807) is 0 Å². The molecule has 0 bridgehead atoms. The second-order valence-electron chi connectivity index (χ2n) is 15.0. The number of fused-ring (bicyclic) bond motifs is 9. The highest BCUT2D eigenvalue weighted by Gasteiger charge is 2.37. The Balaban J connectivity index is 1.05. The van der Waals surface area contributed by atoms with Crippen LogP contribution >= 0.6 is 0 Å². The maximum absolute atomic E-state index is 5.36. The molecule has 0 aliphatic heterocycles. The van der Waals surface area contributed by atoms with Gasteiger partial charge in [0.25, 0.3) is 0 Å². The summed E-state index contributed by atoms with van der Waals surface area (Å²) in [5, 5.41) is 6.09. The van der Waals surface area contributed by atoms with Crippen molar-refractivity contribution in [3.8, 4) is 50.6 Å². The predicted molar refractivity (Wildman–Crippen MR) is 225 cm³/mol. The summed E-state index contributed by atoms with van der Waals surface area (Å²) in [5.41, 5.74) is 15.1. The van der Waals surface area contributed by atoms with Crippen molar-refractivity contribution >= 4 is 43.5 Å². The van der Waals surface area contributed by atoms with Crippen molar-refractivity contribution in [2.75, 3.05) is 0 Å². The molecule has 0 spiro atoms. The fourth-order valence-electron chi connectivity index (χ4n) is 9.00. The Kier molecular flexibility index (Phi) is 6.60. The first-order valence-electron chi connectivity index (χ1n) is 18.7. The van der Waals surface area contributed by atoms with E-state index in [0.717, 1.165) is 44.8 Å². The van der Waals surface area contributed by atoms with E-state index in [0.29, 0.717) is 0 Å². The Morgan fingerprint density at radius 2 is 1.13 bits per heavy atom. The number of rotatable bonds is 4. The number of hydrogen-bond acceptors (Lipinski definition) is 2. The molecule has 10 aromatic rings. The van der Waals surface area contributed by atoms with Crippen LogP contribution in [0.2, 0.25) is 0 Å². The molecule has 0 fully saturated rings. The fraction of sp³-hybridized carbons (Fsp3) is 0.0588. The Hall–Kier alpha value is -6.84. The summed E-state index contributed by atoms with van der Waals surface area (Å²) in [6.45, 7) is 4.65. The molecule has 1 aliphatic carbocycles. The van der Waals surface area contributed by atoms with Crippen LogP contribution in [0.3, 0.4) is 0 Å². The normalized spacial score (nSPS) is 13.1. The van der Waals surface area contributed by atoms with Gasteiger partial charge in [0.15, 0.2) is 5.82 Å². The summed E-state index contributed by atoms with van der Waals surface area (Å²) in [5.74, 6) is 0.728. The lowest BCUT2D eigenvalue weighted by Gasteiger charge is -2.21. The molecule has 3 nitrogen and oxygen atoms in total. The molecule has 3 heteroatoms. The molecule has 1 aliphatic rings. The maximum Gasteiger partial charge on any atom is 0.160 e. The van der Waals surface area contributed by atoms with E-state index in [-0.39, 0.29) is 5.41 Å². The van der Waals surface area contributed by atoms with Crippen LogP contribution in [-0.2, 0) is 5.41 Å². The van der Waals surface area contributed by atoms with Gasteiger partial charge < -0.3 is 4.57 Å². The van der Waals surface area contributed by atoms with E-state index < -0.39 is 0 Å². The van der Waals surface area contributed by atoms with E-state index in [1.165, 1.54) is 60.4 Å². The lowest BCUT2D eigenvalue weighted by Crippen LogP contribution is -2.14. The largest absolute Gasteiger partial charge is 0.309 e. The van der Waals surface area contributed by atoms with E-state index >= 15 is 0 Å². The number of aromatic nitrogens is 3. The van der Waals surface area contributed by atoms with Gasteiger partial charge in [0.2, 0.25) is 0 Å². The molecule has 11 rings (SSSR count). The minimum absolute atomic E-state index is 0.0873. The predicted octanol–water partition coefficient (Wildman–Crippen LogP) is 13.2. The Morgan fingerprint density at radius 3 is 2.00 bits per heavy atom. The van der Waals surface area contributed by atoms with E-state index in [9.17, 15) is 0 Å². The second kappa shape index (κ2) is 11.6. The first-order chi connectivity index (χ1) is 26.5.